The molecule has 20 aromatic carbocycles. The number of hydrogen-bond acceptors (Lipinski definition) is 1. The van der Waals surface area contributed by atoms with Gasteiger partial charge in [-0.2, -0.15) is 0 Å². The van der Waals surface area contributed by atoms with E-state index in [9.17, 15) is 0 Å². The highest BCUT2D eigenvalue weighted by molar-refractivity contribution is 6.25. The molecule has 21 aromatic rings. The maximum atomic E-state index is 6.59. The summed E-state index contributed by atoms with van der Waals surface area (Å²) in [6.07, 6.45) is 0. The molecule has 113 heavy (non-hydrogen) atoms. The van der Waals surface area contributed by atoms with Gasteiger partial charge >= 0.3 is 0 Å². The zero-order valence-corrected chi connectivity index (χ0v) is 63.4. The zero-order chi connectivity index (χ0) is 75.2. The Balaban J connectivity index is 0.000000138. The molecule has 2 aliphatic carbocycles. The number of rotatable bonds is 8. The lowest BCUT2D eigenvalue weighted by atomic mass is 9.78. The number of fused-ring (bicyclic) bond motifs is 18. The SMILES string of the molecule is CC1(C)c2ccc3ccccc3c2-c2cccc(-c3ccc(-c4c5ccccc5c(-c5ccccc5-c5cccc6c5oc5ccccc56)c5ccccc45)cc3)c21.CC1(C)c2ccc3ccccc3c2-c2cccc(-c3cccc(-c4c5ccccc5c(-c5ccc(-c6ccc7ccccc7c6)cc5)c5ccccc45)c3)c21. The van der Waals surface area contributed by atoms with Gasteiger partial charge in [0.15, 0.2) is 0 Å². The maximum absolute atomic E-state index is 6.59. The van der Waals surface area contributed by atoms with Crippen molar-refractivity contribution in [2.24, 2.45) is 0 Å². The Hall–Kier alpha value is -14.0. The average molecular weight is 1440 g/mol. The van der Waals surface area contributed by atoms with E-state index in [0.717, 1.165) is 33.1 Å². The van der Waals surface area contributed by atoms with E-state index in [4.69, 9.17) is 4.42 Å². The third-order valence-corrected chi connectivity index (χ3v) is 25.1. The molecule has 1 heterocycles. The molecule has 0 saturated heterocycles. The van der Waals surface area contributed by atoms with E-state index in [2.05, 4.69) is 410 Å². The fourth-order valence-corrected chi connectivity index (χ4v) is 20.0. The molecular weight excluding hydrogens is 1360 g/mol. The second-order valence-corrected chi connectivity index (χ2v) is 31.9. The van der Waals surface area contributed by atoms with E-state index in [1.54, 1.807) is 0 Å². The second-order valence-electron chi connectivity index (χ2n) is 31.9. The third-order valence-electron chi connectivity index (χ3n) is 25.1. The minimum Gasteiger partial charge on any atom is -0.455 e. The van der Waals surface area contributed by atoms with E-state index in [0.29, 0.717) is 0 Å². The molecule has 0 spiro atoms. The smallest absolute Gasteiger partial charge is 0.143 e. The van der Waals surface area contributed by atoms with Crippen LogP contribution in [0.15, 0.2) is 393 Å². The van der Waals surface area contributed by atoms with Gasteiger partial charge < -0.3 is 4.42 Å². The second kappa shape index (κ2) is 25.8. The highest BCUT2D eigenvalue weighted by Gasteiger charge is 2.40. The highest BCUT2D eigenvalue weighted by Crippen LogP contribution is 2.58. The van der Waals surface area contributed by atoms with Crippen molar-refractivity contribution in [2.75, 3.05) is 0 Å². The predicted octanol–water partition coefficient (Wildman–Crippen LogP) is 31.3. The van der Waals surface area contributed by atoms with Gasteiger partial charge in [-0.1, -0.05) is 398 Å². The molecule has 1 nitrogen and oxygen atoms in total. The Labute approximate surface area is 657 Å². The van der Waals surface area contributed by atoms with E-state index in [1.807, 2.05) is 6.07 Å². The van der Waals surface area contributed by atoms with Crippen LogP contribution in [-0.2, 0) is 10.8 Å². The fourth-order valence-electron chi connectivity index (χ4n) is 20.0. The van der Waals surface area contributed by atoms with Gasteiger partial charge in [0.25, 0.3) is 0 Å². The average Bonchev–Trinajstić information content (AvgIpc) is 1.39. The van der Waals surface area contributed by atoms with Crippen molar-refractivity contribution in [1.29, 1.82) is 0 Å². The van der Waals surface area contributed by atoms with Crippen molar-refractivity contribution in [2.45, 2.75) is 38.5 Å². The molecule has 1 aromatic heterocycles. The lowest BCUT2D eigenvalue weighted by Gasteiger charge is -2.25. The Morgan fingerprint density at radius 3 is 1.06 bits per heavy atom. The first-order valence-electron chi connectivity index (χ1n) is 39.6. The van der Waals surface area contributed by atoms with E-state index >= 15 is 0 Å². The molecule has 1 heteroatoms. The minimum atomic E-state index is -0.133. The number of hydrogen-bond donors (Lipinski definition) is 0. The van der Waals surface area contributed by atoms with Gasteiger partial charge in [0, 0.05) is 27.2 Å². The van der Waals surface area contributed by atoms with E-state index in [1.165, 1.54) is 198 Å². The van der Waals surface area contributed by atoms with Gasteiger partial charge in [0.2, 0.25) is 0 Å². The molecule has 0 amide bonds. The summed E-state index contributed by atoms with van der Waals surface area (Å²) in [5, 5.41) is 20.1. The number of para-hydroxylation sites is 2. The molecule has 0 N–H and O–H groups in total. The molecule has 23 rings (SSSR count). The minimum absolute atomic E-state index is 0.127. The summed E-state index contributed by atoms with van der Waals surface area (Å²) >= 11 is 0. The summed E-state index contributed by atoms with van der Waals surface area (Å²) in [6.45, 7) is 9.57. The van der Waals surface area contributed by atoms with Crippen LogP contribution in [0.4, 0.5) is 0 Å². The van der Waals surface area contributed by atoms with Crippen LogP contribution in [0.25, 0.3) is 209 Å². The normalized spacial score (nSPS) is 13.1. The maximum Gasteiger partial charge on any atom is 0.143 e. The fraction of sp³-hybridized carbons (Fsp3) is 0.0536. The van der Waals surface area contributed by atoms with Crippen LogP contribution in [-0.4, -0.2) is 0 Å². The molecule has 0 atom stereocenters. The summed E-state index contributed by atoms with van der Waals surface area (Å²) in [5.74, 6) is 0. The molecule has 0 aliphatic heterocycles. The standard InChI is InChI=1S/C57H38O.C55H38/c1-57(2)50-34-33-35-15-3-4-16-38(35)54(50)49-27-13-24-39(55(49)57)36-29-31-37(32-30-36)52-43-20-7-9-22-45(43)53(46-23-10-8-21-44(46)52)42-19-6-5-17-40(42)47-25-14-26-48-41-18-11-12-28-51(41)58-56(47)48;1-55(2)50-32-31-37-14-5-6-18-43(37)53(50)49-24-12-23-44(54(49)55)41-16-11-17-42(34-41)52-47-21-9-7-19-45(47)51(46-20-8-10-22-48(46)52)38-28-25-36(26-29-38)40-30-27-35-13-3-4-15-39(35)33-40/h3-34H,1-2H3;3-34H,1-2H3. The Morgan fingerprint density at radius 2 is 0.522 bits per heavy atom. The van der Waals surface area contributed by atoms with Gasteiger partial charge in [-0.05, 0) is 222 Å². The molecule has 0 bridgehead atoms. The van der Waals surface area contributed by atoms with Crippen molar-refractivity contribution < 1.29 is 4.42 Å². The molecule has 0 saturated carbocycles. The molecule has 530 valence electrons. The van der Waals surface area contributed by atoms with Crippen LogP contribution < -0.4 is 0 Å². The summed E-state index contributed by atoms with van der Waals surface area (Å²) in [6, 6.07) is 143. The van der Waals surface area contributed by atoms with Crippen molar-refractivity contribution in [3.63, 3.8) is 0 Å². The monoisotopic (exact) mass is 1440 g/mol. The molecule has 0 radical (unpaired) electrons. The number of furan rings is 1. The van der Waals surface area contributed by atoms with Crippen LogP contribution in [0.5, 0.6) is 0 Å². The molecular formula is C112H76O. The summed E-state index contributed by atoms with van der Waals surface area (Å²) in [4.78, 5) is 0. The largest absolute Gasteiger partial charge is 0.455 e. The topological polar surface area (TPSA) is 13.1 Å². The molecule has 0 fully saturated rings. The molecule has 0 unspecified atom stereocenters. The van der Waals surface area contributed by atoms with Crippen LogP contribution >= 0.6 is 0 Å². The van der Waals surface area contributed by atoms with Crippen molar-refractivity contribution in [3.05, 3.63) is 411 Å². The lowest BCUT2D eigenvalue weighted by molar-refractivity contribution is 0.662. The summed E-state index contributed by atoms with van der Waals surface area (Å²) in [7, 11) is 0. The Bertz CT molecular complexity index is 7410. The summed E-state index contributed by atoms with van der Waals surface area (Å²) < 4.78 is 6.59. The lowest BCUT2D eigenvalue weighted by Crippen LogP contribution is -2.16. The van der Waals surface area contributed by atoms with Crippen molar-refractivity contribution in [1.82, 2.24) is 0 Å². The Morgan fingerprint density at radius 1 is 0.177 bits per heavy atom. The van der Waals surface area contributed by atoms with Crippen LogP contribution in [0.2, 0.25) is 0 Å². The van der Waals surface area contributed by atoms with Gasteiger partial charge in [-0.15, -0.1) is 0 Å². The van der Waals surface area contributed by atoms with E-state index < -0.39 is 0 Å². The van der Waals surface area contributed by atoms with Crippen molar-refractivity contribution in [3.8, 4) is 111 Å². The molecule has 2 aliphatic rings. The number of benzene rings is 20. The first-order chi connectivity index (χ1) is 55.6. The van der Waals surface area contributed by atoms with Gasteiger partial charge in [0.05, 0.1) is 0 Å². The van der Waals surface area contributed by atoms with E-state index in [-0.39, 0.29) is 10.8 Å². The first kappa shape index (κ1) is 66.0. The van der Waals surface area contributed by atoms with Crippen LogP contribution in [0.1, 0.15) is 49.9 Å². The van der Waals surface area contributed by atoms with Crippen LogP contribution in [0, 0.1) is 0 Å². The first-order valence-corrected chi connectivity index (χ1v) is 39.6. The quantitative estimate of drug-likeness (QED) is 0.138. The third kappa shape index (κ3) is 10.3. The van der Waals surface area contributed by atoms with Crippen LogP contribution in [0.3, 0.4) is 0 Å². The van der Waals surface area contributed by atoms with Gasteiger partial charge in [-0.25, -0.2) is 0 Å². The van der Waals surface area contributed by atoms with Gasteiger partial charge in [-0.3, -0.25) is 0 Å². The van der Waals surface area contributed by atoms with Gasteiger partial charge in [0.1, 0.15) is 11.2 Å². The van der Waals surface area contributed by atoms with Crippen molar-refractivity contribution >= 4 is 97.3 Å². The highest BCUT2D eigenvalue weighted by atomic mass is 16.3. The summed E-state index contributed by atoms with van der Waals surface area (Å²) in [5.41, 5.74) is 32.4. The predicted molar refractivity (Wildman–Crippen MR) is 481 cm³/mol. The Kier molecular flexibility index (Phi) is 15.1. The zero-order valence-electron chi connectivity index (χ0n) is 63.4.